The van der Waals surface area contributed by atoms with Crippen molar-refractivity contribution in [2.75, 3.05) is 11.9 Å². The Labute approximate surface area is 131 Å². The van der Waals surface area contributed by atoms with Gasteiger partial charge in [0.05, 0.1) is 5.41 Å². The first-order chi connectivity index (χ1) is 8.79. The summed E-state index contributed by atoms with van der Waals surface area (Å²) in [6.45, 7) is 10.5. The molecule has 0 atom stereocenters. The Balaban J connectivity index is 0.00000361. The van der Waals surface area contributed by atoms with Gasteiger partial charge in [0.2, 0.25) is 11.0 Å². The Kier molecular flexibility index (Phi) is 7.07. The van der Waals surface area contributed by atoms with Crippen molar-refractivity contribution in [1.29, 1.82) is 0 Å². The van der Waals surface area contributed by atoms with Crippen molar-refractivity contribution >= 4 is 34.8 Å². The highest BCUT2D eigenvalue weighted by Gasteiger charge is 2.34. The van der Waals surface area contributed by atoms with Gasteiger partial charge in [-0.25, -0.2) is 0 Å². The van der Waals surface area contributed by atoms with Crippen LogP contribution < -0.4 is 11.1 Å². The lowest BCUT2D eigenvalue weighted by molar-refractivity contribution is -0.125. The number of nitrogens with one attached hydrogen (secondary N) is 1. The number of hydrogen-bond acceptors (Lipinski definition) is 5. The summed E-state index contributed by atoms with van der Waals surface area (Å²) in [4.78, 5) is 12.3. The first-order valence-electron chi connectivity index (χ1n) is 6.64. The van der Waals surface area contributed by atoms with Crippen LogP contribution in [-0.4, -0.2) is 22.6 Å². The van der Waals surface area contributed by atoms with E-state index in [9.17, 15) is 4.79 Å². The summed E-state index contributed by atoms with van der Waals surface area (Å²) in [5.74, 6) is -0.0587. The zero-order valence-corrected chi connectivity index (χ0v) is 14.5. The zero-order valence-electron chi connectivity index (χ0n) is 12.8. The lowest BCUT2D eigenvalue weighted by atomic mass is 9.81. The Hall–Kier alpha value is -0.720. The van der Waals surface area contributed by atoms with Crippen molar-refractivity contribution in [1.82, 2.24) is 10.2 Å². The molecule has 0 fully saturated rings. The number of anilines is 1. The van der Waals surface area contributed by atoms with E-state index < -0.39 is 5.41 Å². The first-order valence-corrected chi connectivity index (χ1v) is 7.46. The highest BCUT2D eigenvalue weighted by atomic mass is 35.5. The molecule has 0 spiro atoms. The number of nitrogens with two attached hydrogens (primary N) is 1. The van der Waals surface area contributed by atoms with E-state index in [0.29, 0.717) is 11.7 Å². The Morgan fingerprint density at radius 3 is 2.15 bits per heavy atom. The summed E-state index contributed by atoms with van der Waals surface area (Å²) in [5, 5.41) is 12.5. The highest BCUT2D eigenvalue weighted by molar-refractivity contribution is 7.15. The van der Waals surface area contributed by atoms with Gasteiger partial charge in [0.25, 0.3) is 0 Å². The number of aromatic nitrogens is 2. The van der Waals surface area contributed by atoms with Crippen molar-refractivity contribution in [2.24, 2.45) is 11.1 Å². The average molecular weight is 321 g/mol. The average Bonchev–Trinajstić information content (AvgIpc) is 2.80. The molecule has 0 unspecified atom stereocenters. The Morgan fingerprint density at radius 1 is 1.25 bits per heavy atom. The molecule has 7 heteroatoms. The molecule has 0 aromatic carbocycles. The van der Waals surface area contributed by atoms with Crippen LogP contribution in [0.15, 0.2) is 0 Å². The molecule has 0 aliphatic carbocycles. The van der Waals surface area contributed by atoms with Gasteiger partial charge in [-0.15, -0.1) is 22.6 Å². The largest absolute Gasteiger partial charge is 0.329 e. The summed E-state index contributed by atoms with van der Waals surface area (Å²) >= 11 is 1.42. The number of carbonyl (C=O) groups is 1. The zero-order chi connectivity index (χ0) is 14.7. The predicted octanol–water partition coefficient (Wildman–Crippen LogP) is 2.96. The molecule has 0 aliphatic rings. The van der Waals surface area contributed by atoms with E-state index in [1.807, 2.05) is 13.8 Å². The third-order valence-electron chi connectivity index (χ3n) is 3.51. The molecule has 0 saturated carbocycles. The van der Waals surface area contributed by atoms with Crippen LogP contribution in [0.1, 0.15) is 52.5 Å². The number of hydrogen-bond donors (Lipinski definition) is 2. The molecule has 1 amide bonds. The van der Waals surface area contributed by atoms with Gasteiger partial charge in [-0.1, -0.05) is 46.0 Å². The second-order valence-electron chi connectivity index (χ2n) is 5.81. The summed E-state index contributed by atoms with van der Waals surface area (Å²) < 4.78 is 0. The molecule has 0 radical (unpaired) electrons. The van der Waals surface area contributed by atoms with Gasteiger partial charge in [-0.2, -0.15) is 0 Å². The number of nitrogens with zero attached hydrogens (tertiary/aromatic N) is 2. The van der Waals surface area contributed by atoms with Crippen LogP contribution in [0.4, 0.5) is 5.13 Å². The highest BCUT2D eigenvalue weighted by Crippen LogP contribution is 2.30. The van der Waals surface area contributed by atoms with E-state index in [1.165, 1.54) is 11.3 Å². The van der Waals surface area contributed by atoms with Crippen LogP contribution in [0.25, 0.3) is 0 Å². The maximum atomic E-state index is 12.3. The van der Waals surface area contributed by atoms with E-state index in [4.69, 9.17) is 5.73 Å². The van der Waals surface area contributed by atoms with Gasteiger partial charge in [0.1, 0.15) is 5.01 Å². The van der Waals surface area contributed by atoms with Crippen LogP contribution in [0, 0.1) is 5.41 Å². The minimum Gasteiger partial charge on any atom is -0.329 e. The number of carbonyl (C=O) groups excluding carboxylic acids is 1. The van der Waals surface area contributed by atoms with Crippen LogP contribution in [-0.2, 0) is 10.2 Å². The molecule has 1 rings (SSSR count). The molecule has 0 saturated heterocycles. The molecule has 20 heavy (non-hydrogen) atoms. The lowest BCUT2D eigenvalue weighted by Crippen LogP contribution is -2.41. The lowest BCUT2D eigenvalue weighted by Gasteiger charge is -2.27. The van der Waals surface area contributed by atoms with Crippen molar-refractivity contribution in [3.63, 3.8) is 0 Å². The molecule has 3 N–H and O–H groups in total. The van der Waals surface area contributed by atoms with Crippen LogP contribution >= 0.6 is 23.7 Å². The van der Waals surface area contributed by atoms with Crippen molar-refractivity contribution in [3.05, 3.63) is 5.01 Å². The van der Waals surface area contributed by atoms with Crippen LogP contribution in [0.3, 0.4) is 0 Å². The molecule has 116 valence electrons. The maximum absolute atomic E-state index is 12.3. The Morgan fingerprint density at radius 2 is 1.80 bits per heavy atom. The second-order valence-corrected chi connectivity index (χ2v) is 6.79. The molecule has 1 aromatic rings. The van der Waals surface area contributed by atoms with Crippen LogP contribution in [0.2, 0.25) is 0 Å². The normalized spacial score (nSPS) is 11.9. The van der Waals surface area contributed by atoms with Crippen molar-refractivity contribution in [3.8, 4) is 0 Å². The first kappa shape index (κ1) is 19.3. The van der Waals surface area contributed by atoms with E-state index in [1.54, 1.807) is 0 Å². The summed E-state index contributed by atoms with van der Waals surface area (Å²) in [5.41, 5.74) is 5.20. The molecule has 1 aromatic heterocycles. The third kappa shape index (κ3) is 4.14. The molecular weight excluding hydrogens is 296 g/mol. The monoisotopic (exact) mass is 320 g/mol. The third-order valence-corrected chi connectivity index (χ3v) is 4.78. The molecule has 0 aliphatic heterocycles. The maximum Gasteiger partial charge on any atom is 0.233 e. The Bertz CT molecular complexity index is 430. The fourth-order valence-corrected chi connectivity index (χ4v) is 2.56. The SMILES string of the molecule is CCC(CC)(CN)C(=O)Nc1nnc(C(C)(C)C)s1.Cl. The second kappa shape index (κ2) is 7.33. The van der Waals surface area contributed by atoms with E-state index in [2.05, 4.69) is 36.3 Å². The van der Waals surface area contributed by atoms with Crippen molar-refractivity contribution < 1.29 is 4.79 Å². The van der Waals surface area contributed by atoms with Crippen LogP contribution in [0.5, 0.6) is 0 Å². The van der Waals surface area contributed by atoms with E-state index >= 15 is 0 Å². The van der Waals surface area contributed by atoms with E-state index in [0.717, 1.165) is 17.8 Å². The molecule has 1 heterocycles. The van der Waals surface area contributed by atoms with Gasteiger partial charge in [0.15, 0.2) is 0 Å². The summed E-state index contributed by atoms with van der Waals surface area (Å²) in [6.07, 6.45) is 1.44. The number of rotatable bonds is 5. The van der Waals surface area contributed by atoms with Gasteiger partial charge < -0.3 is 5.73 Å². The summed E-state index contributed by atoms with van der Waals surface area (Å²) in [6, 6.07) is 0. The van der Waals surface area contributed by atoms with E-state index in [-0.39, 0.29) is 23.7 Å². The number of amides is 1. The van der Waals surface area contributed by atoms with Gasteiger partial charge in [-0.3, -0.25) is 10.1 Å². The minimum atomic E-state index is -0.506. The molecule has 0 bridgehead atoms. The smallest absolute Gasteiger partial charge is 0.233 e. The molecule has 5 nitrogen and oxygen atoms in total. The fourth-order valence-electron chi connectivity index (χ4n) is 1.76. The predicted molar refractivity (Wildman–Crippen MR) is 86.6 cm³/mol. The standard InChI is InChI=1S/C13H24N4OS.ClH/c1-6-13(7-2,8-14)9(18)15-11-17-16-10(19-11)12(3,4)5;/h6-8,14H2,1-5H3,(H,15,17,18);1H. The van der Waals surface area contributed by atoms with Crippen molar-refractivity contribution in [2.45, 2.75) is 52.9 Å². The van der Waals surface area contributed by atoms with Gasteiger partial charge in [0, 0.05) is 12.0 Å². The van der Waals surface area contributed by atoms with Gasteiger partial charge in [-0.05, 0) is 12.8 Å². The molecular formula is C13H25ClN4OS. The minimum absolute atomic E-state index is 0. The number of halogens is 1. The van der Waals surface area contributed by atoms with Gasteiger partial charge >= 0.3 is 0 Å². The fraction of sp³-hybridized carbons (Fsp3) is 0.769. The quantitative estimate of drug-likeness (QED) is 0.874. The topological polar surface area (TPSA) is 80.9 Å². The summed E-state index contributed by atoms with van der Waals surface area (Å²) in [7, 11) is 0.